The van der Waals surface area contributed by atoms with Gasteiger partial charge in [0.25, 0.3) is 0 Å². The second-order valence-electron chi connectivity index (χ2n) is 3.92. The van der Waals surface area contributed by atoms with Gasteiger partial charge >= 0.3 is 0 Å². The summed E-state index contributed by atoms with van der Waals surface area (Å²) in [6.45, 7) is 0. The molecule has 0 saturated carbocycles. The summed E-state index contributed by atoms with van der Waals surface area (Å²) in [5.41, 5.74) is 2.62. The molecule has 0 saturated heterocycles. The van der Waals surface area contributed by atoms with E-state index in [2.05, 4.69) is 0 Å². The summed E-state index contributed by atoms with van der Waals surface area (Å²) in [7, 11) is 0. The second-order valence-corrected chi connectivity index (χ2v) is 5.38. The maximum Gasteiger partial charge on any atom is 0.0598 e. The van der Waals surface area contributed by atoms with Crippen molar-refractivity contribution in [3.05, 3.63) is 69.7 Å². The molecule has 0 nitrogen and oxygen atoms in total. The highest BCUT2D eigenvalue weighted by Gasteiger charge is 2.10. The van der Waals surface area contributed by atoms with Crippen LogP contribution in [-0.2, 0) is 0 Å². The lowest BCUT2D eigenvalue weighted by molar-refractivity contribution is 1.56. The first-order valence-corrected chi connectivity index (χ1v) is 7.25. The second kappa shape index (κ2) is 6.67. The zero-order chi connectivity index (χ0) is 13.8. The van der Waals surface area contributed by atoms with Gasteiger partial charge in [-0.3, -0.25) is 0 Å². The van der Waals surface area contributed by atoms with Gasteiger partial charge in [0.15, 0.2) is 0 Å². The number of hydrogen-bond donors (Lipinski definition) is 0. The first-order chi connectivity index (χ1) is 9.13. The molecular weight excluding hydrogens is 322 g/mol. The quantitative estimate of drug-likeness (QED) is 0.454. The Morgan fingerprint density at radius 3 is 2.11 bits per heavy atom. The topological polar surface area (TPSA) is 0 Å². The van der Waals surface area contributed by atoms with Crippen LogP contribution in [0.1, 0.15) is 11.1 Å². The van der Waals surface area contributed by atoms with Crippen molar-refractivity contribution in [1.29, 1.82) is 0 Å². The van der Waals surface area contributed by atoms with E-state index in [1.165, 1.54) is 0 Å². The zero-order valence-corrected chi connectivity index (χ0v) is 12.9. The van der Waals surface area contributed by atoms with Gasteiger partial charge in [0, 0.05) is 5.88 Å². The molecule has 0 atom stereocenters. The van der Waals surface area contributed by atoms with Crippen molar-refractivity contribution in [1.82, 2.24) is 0 Å². The maximum atomic E-state index is 6.42. The molecule has 0 fully saturated rings. The van der Waals surface area contributed by atoms with E-state index >= 15 is 0 Å². The molecule has 0 unspecified atom stereocenters. The van der Waals surface area contributed by atoms with Crippen LogP contribution in [0.5, 0.6) is 0 Å². The summed E-state index contributed by atoms with van der Waals surface area (Å²) in [5.74, 6) is 0.297. The summed E-state index contributed by atoms with van der Waals surface area (Å²) < 4.78 is 0. The molecule has 19 heavy (non-hydrogen) atoms. The molecule has 4 heteroatoms. The Labute approximate surface area is 132 Å². The number of alkyl halides is 1. The van der Waals surface area contributed by atoms with Gasteiger partial charge in [0.1, 0.15) is 0 Å². The number of benzene rings is 2. The van der Waals surface area contributed by atoms with Gasteiger partial charge in [0.2, 0.25) is 0 Å². The maximum absolute atomic E-state index is 6.42. The molecule has 98 valence electrons. The molecule has 0 aliphatic carbocycles. The van der Waals surface area contributed by atoms with E-state index in [0.717, 1.165) is 16.7 Å². The molecule has 0 aliphatic heterocycles. The first kappa shape index (κ1) is 14.7. The van der Waals surface area contributed by atoms with Gasteiger partial charge in [-0.25, -0.2) is 0 Å². The van der Waals surface area contributed by atoms with Crippen LogP contribution >= 0.6 is 46.4 Å². The van der Waals surface area contributed by atoms with Gasteiger partial charge in [0.05, 0.1) is 15.1 Å². The monoisotopic (exact) mass is 330 g/mol. The van der Waals surface area contributed by atoms with Crippen LogP contribution in [0.4, 0.5) is 0 Å². The molecule has 0 heterocycles. The predicted molar refractivity (Wildman–Crippen MR) is 86.3 cm³/mol. The molecule has 0 amide bonds. The smallest absolute Gasteiger partial charge is 0.0598 e. The van der Waals surface area contributed by atoms with Gasteiger partial charge in [-0.2, -0.15) is 0 Å². The van der Waals surface area contributed by atoms with Crippen molar-refractivity contribution in [2.45, 2.75) is 0 Å². The molecule has 2 aromatic carbocycles. The average molecular weight is 332 g/mol. The molecule has 0 aromatic heterocycles. The minimum absolute atomic E-state index is 0.297. The van der Waals surface area contributed by atoms with Crippen molar-refractivity contribution in [2.24, 2.45) is 0 Å². The van der Waals surface area contributed by atoms with Crippen LogP contribution < -0.4 is 0 Å². The Balaban J connectivity index is 2.52. The van der Waals surface area contributed by atoms with Crippen LogP contribution in [-0.4, -0.2) is 5.88 Å². The molecule has 0 bridgehead atoms. The molecule has 0 radical (unpaired) electrons. The number of rotatable bonds is 3. The highest BCUT2D eigenvalue weighted by atomic mass is 35.5. The van der Waals surface area contributed by atoms with Crippen LogP contribution in [0, 0.1) is 0 Å². The van der Waals surface area contributed by atoms with E-state index in [-0.39, 0.29) is 0 Å². The van der Waals surface area contributed by atoms with Crippen molar-refractivity contribution in [2.75, 3.05) is 5.88 Å². The Morgan fingerprint density at radius 2 is 1.53 bits per heavy atom. The number of halogens is 4. The van der Waals surface area contributed by atoms with E-state index in [1.807, 2.05) is 36.4 Å². The highest BCUT2D eigenvalue weighted by molar-refractivity contribution is 6.53. The lowest BCUT2D eigenvalue weighted by Gasteiger charge is -2.09. The largest absolute Gasteiger partial charge is 0.121 e. The van der Waals surface area contributed by atoms with Crippen LogP contribution in [0.15, 0.2) is 48.5 Å². The fraction of sp³-hybridized carbons (Fsp3) is 0.0667. The molecule has 2 rings (SSSR count). The third-order valence-electron chi connectivity index (χ3n) is 2.69. The van der Waals surface area contributed by atoms with Gasteiger partial charge in [-0.05, 0) is 28.8 Å². The van der Waals surface area contributed by atoms with Crippen molar-refractivity contribution < 1.29 is 0 Å². The van der Waals surface area contributed by atoms with E-state index in [0.29, 0.717) is 21.0 Å². The number of allylic oxidation sites excluding steroid dienone is 1. The van der Waals surface area contributed by atoms with E-state index in [4.69, 9.17) is 46.4 Å². The summed E-state index contributed by atoms with van der Waals surface area (Å²) in [4.78, 5) is 0. The lowest BCUT2D eigenvalue weighted by Crippen LogP contribution is -1.90. The molecule has 0 N–H and O–H groups in total. The third kappa shape index (κ3) is 3.46. The zero-order valence-electron chi connectivity index (χ0n) is 9.84. The third-order valence-corrected chi connectivity index (χ3v) is 4.15. The van der Waals surface area contributed by atoms with Gasteiger partial charge in [-0.15, -0.1) is 11.6 Å². The average Bonchev–Trinajstić information content (AvgIpc) is 2.44. The van der Waals surface area contributed by atoms with Crippen molar-refractivity contribution in [3.8, 4) is 0 Å². The molecular formula is C15H10Cl4. The Bertz CT molecular complexity index is 603. The fourth-order valence-electron chi connectivity index (χ4n) is 1.71. The predicted octanol–water partition coefficient (Wildman–Crippen LogP) is 6.34. The molecule has 0 spiro atoms. The Hall–Kier alpha value is -0.660. The minimum atomic E-state index is 0.297. The van der Waals surface area contributed by atoms with E-state index < -0.39 is 0 Å². The fourth-order valence-corrected chi connectivity index (χ4v) is 2.66. The van der Waals surface area contributed by atoms with Crippen LogP contribution in [0.3, 0.4) is 0 Å². The van der Waals surface area contributed by atoms with Crippen LogP contribution in [0.2, 0.25) is 10.0 Å². The van der Waals surface area contributed by atoms with Gasteiger partial charge in [-0.1, -0.05) is 71.2 Å². The van der Waals surface area contributed by atoms with E-state index in [9.17, 15) is 0 Å². The van der Waals surface area contributed by atoms with E-state index in [1.54, 1.807) is 12.1 Å². The first-order valence-electron chi connectivity index (χ1n) is 5.59. The summed E-state index contributed by atoms with van der Waals surface area (Å²) in [5, 5.41) is 1.61. The number of hydrogen-bond acceptors (Lipinski definition) is 0. The molecule has 2 aromatic rings. The highest BCUT2D eigenvalue weighted by Crippen LogP contribution is 2.33. The standard InChI is InChI=1S/C15H10Cl4/c16-9-12(11-6-7-13(17)14(18)8-11)15(19)10-4-2-1-3-5-10/h1-8H,9H2. The van der Waals surface area contributed by atoms with Crippen molar-refractivity contribution in [3.63, 3.8) is 0 Å². The minimum Gasteiger partial charge on any atom is -0.121 e. The normalized spacial score (nSPS) is 12.2. The van der Waals surface area contributed by atoms with Crippen molar-refractivity contribution >= 4 is 57.0 Å². The lowest BCUT2D eigenvalue weighted by atomic mass is 10.0. The summed E-state index contributed by atoms with van der Waals surface area (Å²) in [6, 6.07) is 15.0. The summed E-state index contributed by atoms with van der Waals surface area (Å²) in [6.07, 6.45) is 0. The van der Waals surface area contributed by atoms with Gasteiger partial charge < -0.3 is 0 Å². The SMILES string of the molecule is ClCC(=C(Cl)c1ccccc1)c1ccc(Cl)c(Cl)c1. The van der Waals surface area contributed by atoms with Crippen LogP contribution in [0.25, 0.3) is 10.6 Å². The summed E-state index contributed by atoms with van der Waals surface area (Å²) >= 11 is 24.4. The Morgan fingerprint density at radius 1 is 0.842 bits per heavy atom. The Kier molecular flexibility index (Phi) is 5.18. The molecule has 0 aliphatic rings.